The van der Waals surface area contributed by atoms with Crippen molar-refractivity contribution in [1.82, 2.24) is 5.32 Å². The van der Waals surface area contributed by atoms with Crippen molar-refractivity contribution in [2.24, 2.45) is 0 Å². The first-order valence-corrected chi connectivity index (χ1v) is 6.47. The highest BCUT2D eigenvalue weighted by atomic mass is 32.3. The normalized spacial score (nSPS) is 17.3. The van der Waals surface area contributed by atoms with E-state index >= 15 is 0 Å². The van der Waals surface area contributed by atoms with Gasteiger partial charge in [-0.05, 0) is 30.3 Å². The Morgan fingerprint density at radius 3 is 2.56 bits per heavy atom. The lowest BCUT2D eigenvalue weighted by molar-refractivity contribution is -0.840. The fourth-order valence-corrected chi connectivity index (χ4v) is 1.94. The Morgan fingerprint density at radius 2 is 2.12 bits per heavy atom. The maximum absolute atomic E-state index is 11.5. The second-order valence-corrected chi connectivity index (χ2v) is 5.23. The van der Waals surface area contributed by atoms with E-state index in [4.69, 9.17) is 0 Å². The Bertz CT molecular complexity index is 281. The molecular formula is C9H19N2O4S+2. The Balaban J connectivity index is 4.53. The van der Waals surface area contributed by atoms with Crippen LogP contribution in [0.1, 0.15) is 20.3 Å². The van der Waals surface area contributed by atoms with Crippen LogP contribution in [0.15, 0.2) is 12.3 Å². The van der Waals surface area contributed by atoms with Gasteiger partial charge in [0.15, 0.2) is 0 Å². The molecule has 6 nitrogen and oxygen atoms in total. The molecule has 0 saturated carbocycles. The highest BCUT2D eigenvalue weighted by molar-refractivity contribution is 7.93. The molecule has 7 heteroatoms. The first-order valence-electron chi connectivity index (χ1n) is 5.00. The molecule has 0 aliphatic carbocycles. The van der Waals surface area contributed by atoms with E-state index in [9.17, 15) is 13.6 Å². The minimum atomic E-state index is -3.75. The molecule has 0 amide bonds. The summed E-state index contributed by atoms with van der Waals surface area (Å²) < 4.78 is 27.5. The molecule has 0 aromatic heterocycles. The number of carbonyl (C=O) groups is 1. The number of rotatable bonds is 8. The highest BCUT2D eigenvalue weighted by Gasteiger charge is 2.43. The van der Waals surface area contributed by atoms with Crippen molar-refractivity contribution in [2.75, 3.05) is 7.05 Å². The van der Waals surface area contributed by atoms with Gasteiger partial charge in [-0.15, -0.1) is 0 Å². The van der Waals surface area contributed by atoms with E-state index in [1.54, 1.807) is 0 Å². The molecule has 0 heterocycles. The van der Waals surface area contributed by atoms with Crippen LogP contribution in [0.25, 0.3) is 0 Å². The van der Waals surface area contributed by atoms with Gasteiger partial charge in [-0.3, -0.25) is 0 Å². The van der Waals surface area contributed by atoms with Gasteiger partial charge in [0.25, 0.3) is 0 Å². The van der Waals surface area contributed by atoms with Crippen molar-refractivity contribution >= 4 is 16.8 Å². The minimum Gasteiger partial charge on any atom is -0.389 e. The lowest BCUT2D eigenvalue weighted by atomic mass is 10.3. The van der Waals surface area contributed by atoms with E-state index < -0.39 is 15.7 Å². The van der Waals surface area contributed by atoms with Crippen molar-refractivity contribution in [3.63, 3.8) is 0 Å². The Hall–Kier alpha value is -0.760. The van der Waals surface area contributed by atoms with Gasteiger partial charge >= 0.3 is 10.5 Å². The number of nitrogens with two attached hydrogens (primary N) is 1. The van der Waals surface area contributed by atoms with Gasteiger partial charge in [-0.1, -0.05) is 0 Å². The van der Waals surface area contributed by atoms with E-state index in [0.29, 0.717) is 6.29 Å². The Morgan fingerprint density at radius 1 is 1.50 bits per heavy atom. The SMILES string of the molecule is C[NH2+]O[S+]([O])(=O)C(/C=C/NC(C)C)CC=O. The summed E-state index contributed by atoms with van der Waals surface area (Å²) >= 11 is 0. The molecule has 0 saturated heterocycles. The molecule has 0 rings (SSSR count). The fourth-order valence-electron chi connectivity index (χ4n) is 0.948. The van der Waals surface area contributed by atoms with Crippen LogP contribution >= 0.6 is 0 Å². The predicted molar refractivity (Wildman–Crippen MR) is 59.6 cm³/mol. The number of hydrogen-bond acceptors (Lipinski definition) is 4. The average molecular weight is 251 g/mol. The van der Waals surface area contributed by atoms with Crippen molar-refractivity contribution < 1.29 is 23.3 Å². The van der Waals surface area contributed by atoms with Gasteiger partial charge in [0, 0.05) is 6.04 Å². The zero-order chi connectivity index (χ0) is 12.6. The molecule has 0 spiro atoms. The monoisotopic (exact) mass is 251 g/mol. The van der Waals surface area contributed by atoms with Crippen molar-refractivity contribution in [2.45, 2.75) is 31.6 Å². The first kappa shape index (κ1) is 15.2. The predicted octanol–water partition coefficient (Wildman–Crippen LogP) is -0.659. The number of carbonyl (C=O) groups excluding carboxylic acids is 1. The standard InChI is InChI=1S/C9H18N2O4S/c1-8(2)11-6-4-9(5-7-12)16(13,14)15-10-3/h4,6-11H,5H2,1-3H3/q+1/p+1/b6-4+. The Kier molecular flexibility index (Phi) is 7.15. The maximum Gasteiger partial charge on any atom is 0.455 e. The van der Waals surface area contributed by atoms with Crippen LogP contribution in [0, 0.1) is 0 Å². The minimum absolute atomic E-state index is 0.119. The molecule has 93 valence electrons. The zero-order valence-electron chi connectivity index (χ0n) is 9.71. The molecular weight excluding hydrogens is 232 g/mol. The lowest BCUT2D eigenvalue weighted by Crippen LogP contribution is -2.80. The highest BCUT2D eigenvalue weighted by Crippen LogP contribution is 2.13. The van der Waals surface area contributed by atoms with Crippen molar-refractivity contribution in [1.29, 1.82) is 0 Å². The molecule has 2 atom stereocenters. The third kappa shape index (κ3) is 5.96. The van der Waals surface area contributed by atoms with Gasteiger partial charge in [0.2, 0.25) is 5.25 Å². The van der Waals surface area contributed by atoms with E-state index in [0.717, 1.165) is 5.48 Å². The number of aldehydes is 1. The molecule has 0 aliphatic heterocycles. The zero-order valence-corrected chi connectivity index (χ0v) is 10.5. The third-order valence-corrected chi connectivity index (χ3v) is 3.22. The molecule has 0 aliphatic rings. The van der Waals surface area contributed by atoms with E-state index in [-0.39, 0.29) is 12.5 Å². The summed E-state index contributed by atoms with van der Waals surface area (Å²) in [5, 5.41) is 1.97. The largest absolute Gasteiger partial charge is 0.455 e. The van der Waals surface area contributed by atoms with Gasteiger partial charge < -0.3 is 10.1 Å². The molecule has 0 bridgehead atoms. The molecule has 0 fully saturated rings. The summed E-state index contributed by atoms with van der Waals surface area (Å²) in [5.74, 6) is 0. The number of hydrogen-bond donors (Lipinski definition) is 2. The fraction of sp³-hybridized carbons (Fsp3) is 0.667. The third-order valence-electron chi connectivity index (χ3n) is 1.67. The van der Waals surface area contributed by atoms with Crippen LogP contribution in [0.4, 0.5) is 0 Å². The van der Waals surface area contributed by atoms with Crippen LogP contribution in [0.5, 0.6) is 0 Å². The number of quaternary nitrogens is 1. The molecule has 0 aromatic rings. The molecule has 2 unspecified atom stereocenters. The molecule has 0 aromatic carbocycles. The van der Waals surface area contributed by atoms with Crippen molar-refractivity contribution in [3.8, 4) is 0 Å². The Labute approximate surface area is 96.9 Å². The van der Waals surface area contributed by atoms with Crippen LogP contribution in [0.2, 0.25) is 0 Å². The maximum atomic E-state index is 11.5. The van der Waals surface area contributed by atoms with E-state index in [1.807, 2.05) is 13.8 Å². The summed E-state index contributed by atoms with van der Waals surface area (Å²) in [6, 6.07) is 0.203. The molecule has 16 heavy (non-hydrogen) atoms. The number of hydroxylamine groups is 1. The second-order valence-electron chi connectivity index (χ2n) is 3.45. The first-order chi connectivity index (χ1) is 7.44. The van der Waals surface area contributed by atoms with Gasteiger partial charge in [-0.2, -0.15) is 5.48 Å². The van der Waals surface area contributed by atoms with E-state index in [2.05, 4.69) is 9.60 Å². The molecule has 1 radical (unpaired) electrons. The van der Waals surface area contributed by atoms with Gasteiger partial charge in [0.05, 0.1) is 22.3 Å². The summed E-state index contributed by atoms with van der Waals surface area (Å²) in [7, 11) is -2.28. The van der Waals surface area contributed by atoms with Gasteiger partial charge in [-0.25, -0.2) is 0 Å². The summed E-state index contributed by atoms with van der Waals surface area (Å²) in [4.78, 5) is 10.4. The van der Waals surface area contributed by atoms with E-state index in [1.165, 1.54) is 19.3 Å². The lowest BCUT2D eigenvalue weighted by Gasteiger charge is -2.06. The summed E-state index contributed by atoms with van der Waals surface area (Å²) in [6.07, 6.45) is 3.37. The molecule has 3 N–H and O–H groups in total. The van der Waals surface area contributed by atoms with Crippen LogP contribution in [-0.4, -0.2) is 24.6 Å². The second kappa shape index (κ2) is 7.50. The van der Waals surface area contributed by atoms with Gasteiger partial charge in [0.1, 0.15) is 6.29 Å². The average Bonchev–Trinajstić information content (AvgIpc) is 2.15. The van der Waals surface area contributed by atoms with Crippen LogP contribution < -0.4 is 10.8 Å². The van der Waals surface area contributed by atoms with Crippen molar-refractivity contribution in [3.05, 3.63) is 12.3 Å². The van der Waals surface area contributed by atoms with Crippen LogP contribution in [-0.2, 0) is 28.3 Å². The quantitative estimate of drug-likeness (QED) is 0.340. The smallest absolute Gasteiger partial charge is 0.389 e. The summed E-state index contributed by atoms with van der Waals surface area (Å²) in [5.41, 5.74) is 1.08. The van der Waals surface area contributed by atoms with Crippen LogP contribution in [0.3, 0.4) is 0 Å². The summed E-state index contributed by atoms with van der Waals surface area (Å²) in [6.45, 7) is 3.84. The topological polar surface area (TPSA) is 91.9 Å². The number of nitrogens with one attached hydrogen (secondary N) is 1.